The van der Waals surface area contributed by atoms with Crippen molar-refractivity contribution in [2.24, 2.45) is 0 Å². The minimum atomic E-state index is -0.455. The highest BCUT2D eigenvalue weighted by Gasteiger charge is 2.13. The summed E-state index contributed by atoms with van der Waals surface area (Å²) < 4.78 is 4.64. The number of aromatic amines is 1. The quantitative estimate of drug-likeness (QED) is 0.859. The second-order valence-electron chi connectivity index (χ2n) is 4.87. The number of benzene rings is 1. The molecule has 1 N–H and O–H groups in total. The predicted molar refractivity (Wildman–Crippen MR) is 74.2 cm³/mol. The monoisotopic (exact) mass is 258 g/mol. The average Bonchev–Trinajstić information content (AvgIpc) is 2.87. The van der Waals surface area contributed by atoms with Crippen LogP contribution in [0.3, 0.4) is 0 Å². The summed E-state index contributed by atoms with van der Waals surface area (Å²) in [4.78, 5) is 18.5. The molecule has 0 bridgehead atoms. The normalized spacial score (nSPS) is 10.8. The van der Waals surface area contributed by atoms with Crippen LogP contribution in [0.5, 0.6) is 0 Å². The zero-order valence-corrected chi connectivity index (χ0v) is 11.7. The number of aromatic nitrogens is 2. The molecule has 2 rings (SSSR count). The van der Waals surface area contributed by atoms with Gasteiger partial charge in [0.2, 0.25) is 5.82 Å². The predicted octanol–water partition coefficient (Wildman–Crippen LogP) is 3.30. The van der Waals surface area contributed by atoms with Crippen LogP contribution in [0.15, 0.2) is 24.4 Å². The van der Waals surface area contributed by atoms with E-state index in [4.69, 9.17) is 0 Å². The third-order valence-corrected chi connectivity index (χ3v) is 3.17. The fraction of sp³-hybridized carbons (Fsp3) is 0.333. The number of carbonyl (C=O) groups excluding carboxylic acids is 1. The van der Waals surface area contributed by atoms with Gasteiger partial charge in [-0.1, -0.05) is 26.0 Å². The van der Waals surface area contributed by atoms with Crippen LogP contribution in [0.25, 0.3) is 11.3 Å². The molecule has 1 heterocycles. The first-order valence-corrected chi connectivity index (χ1v) is 6.27. The highest BCUT2D eigenvalue weighted by molar-refractivity contribution is 5.86. The Kier molecular flexibility index (Phi) is 3.69. The molecule has 0 radical (unpaired) electrons. The maximum atomic E-state index is 11.4. The molecule has 19 heavy (non-hydrogen) atoms. The Morgan fingerprint density at radius 2 is 2.11 bits per heavy atom. The Bertz CT molecular complexity index is 600. The lowest BCUT2D eigenvalue weighted by Gasteiger charge is -2.10. The number of ether oxygens (including phenoxy) is 1. The van der Waals surface area contributed by atoms with E-state index in [1.165, 1.54) is 12.7 Å². The Labute approximate surface area is 112 Å². The molecule has 100 valence electrons. The molecule has 4 nitrogen and oxygen atoms in total. The number of esters is 1. The van der Waals surface area contributed by atoms with Crippen molar-refractivity contribution in [1.29, 1.82) is 0 Å². The van der Waals surface area contributed by atoms with E-state index in [0.717, 1.165) is 16.8 Å². The van der Waals surface area contributed by atoms with E-state index in [-0.39, 0.29) is 5.82 Å². The summed E-state index contributed by atoms with van der Waals surface area (Å²) >= 11 is 0. The fourth-order valence-corrected chi connectivity index (χ4v) is 1.95. The number of methoxy groups -OCH3 is 1. The van der Waals surface area contributed by atoms with E-state index in [1.54, 1.807) is 6.20 Å². The van der Waals surface area contributed by atoms with Gasteiger partial charge in [0.05, 0.1) is 19.0 Å². The third-order valence-electron chi connectivity index (χ3n) is 3.17. The van der Waals surface area contributed by atoms with E-state index < -0.39 is 5.97 Å². The smallest absolute Gasteiger partial charge is 0.374 e. The second-order valence-corrected chi connectivity index (χ2v) is 4.87. The summed E-state index contributed by atoms with van der Waals surface area (Å²) in [5.74, 6) is 0.234. The molecule has 2 aromatic rings. The van der Waals surface area contributed by atoms with Crippen molar-refractivity contribution in [3.05, 3.63) is 41.3 Å². The van der Waals surface area contributed by atoms with Crippen LogP contribution in [0.4, 0.5) is 0 Å². The fourth-order valence-electron chi connectivity index (χ4n) is 1.95. The van der Waals surface area contributed by atoms with Crippen molar-refractivity contribution < 1.29 is 9.53 Å². The van der Waals surface area contributed by atoms with Crippen molar-refractivity contribution in [2.75, 3.05) is 7.11 Å². The number of hydrogen-bond acceptors (Lipinski definition) is 3. The molecule has 1 aromatic carbocycles. The molecule has 0 fully saturated rings. The first-order chi connectivity index (χ1) is 9.02. The lowest BCUT2D eigenvalue weighted by molar-refractivity contribution is 0.0588. The van der Waals surface area contributed by atoms with Crippen LogP contribution < -0.4 is 0 Å². The first-order valence-electron chi connectivity index (χ1n) is 6.27. The van der Waals surface area contributed by atoms with Gasteiger partial charge < -0.3 is 9.72 Å². The summed E-state index contributed by atoms with van der Waals surface area (Å²) in [5, 5.41) is 0. The number of hydrogen-bond donors (Lipinski definition) is 1. The number of aryl methyl sites for hydroxylation is 1. The number of rotatable bonds is 3. The largest absolute Gasteiger partial charge is 0.463 e. The van der Waals surface area contributed by atoms with Gasteiger partial charge in [-0.2, -0.15) is 0 Å². The minimum absolute atomic E-state index is 0.229. The summed E-state index contributed by atoms with van der Waals surface area (Å²) in [5.41, 5.74) is 4.30. The lowest BCUT2D eigenvalue weighted by atomic mass is 9.97. The summed E-state index contributed by atoms with van der Waals surface area (Å²) in [6.45, 7) is 6.35. The molecule has 0 aliphatic carbocycles. The van der Waals surface area contributed by atoms with E-state index in [9.17, 15) is 4.79 Å². The van der Waals surface area contributed by atoms with Gasteiger partial charge in [-0.25, -0.2) is 9.78 Å². The molecule has 0 aliphatic heterocycles. The van der Waals surface area contributed by atoms with Crippen molar-refractivity contribution in [1.82, 2.24) is 9.97 Å². The van der Waals surface area contributed by atoms with Gasteiger partial charge in [-0.3, -0.25) is 0 Å². The molecule has 0 amide bonds. The Hall–Kier alpha value is -2.10. The number of imidazole rings is 1. The van der Waals surface area contributed by atoms with Crippen molar-refractivity contribution in [3.8, 4) is 11.3 Å². The van der Waals surface area contributed by atoms with Crippen LogP contribution in [-0.4, -0.2) is 23.0 Å². The van der Waals surface area contributed by atoms with Gasteiger partial charge in [-0.15, -0.1) is 0 Å². The molecule has 4 heteroatoms. The number of nitrogens with one attached hydrogen (secondary N) is 1. The molecule has 0 atom stereocenters. The van der Waals surface area contributed by atoms with E-state index >= 15 is 0 Å². The maximum absolute atomic E-state index is 11.4. The standard InChI is InChI=1S/C15H18N2O2/c1-9(2)11-6-5-10(3)12(7-11)13-8-16-14(17-13)15(18)19-4/h5-9H,1-4H3,(H,16,17). The van der Waals surface area contributed by atoms with Gasteiger partial charge in [-0.05, 0) is 30.0 Å². The van der Waals surface area contributed by atoms with Crippen LogP contribution in [0.2, 0.25) is 0 Å². The van der Waals surface area contributed by atoms with E-state index in [2.05, 4.69) is 46.8 Å². The molecule has 0 spiro atoms. The minimum Gasteiger partial charge on any atom is -0.463 e. The zero-order chi connectivity index (χ0) is 14.0. The van der Waals surface area contributed by atoms with Gasteiger partial charge >= 0.3 is 5.97 Å². The van der Waals surface area contributed by atoms with Crippen LogP contribution in [-0.2, 0) is 4.74 Å². The number of H-pyrrole nitrogens is 1. The van der Waals surface area contributed by atoms with E-state index in [0.29, 0.717) is 5.92 Å². The van der Waals surface area contributed by atoms with Gasteiger partial charge in [0.15, 0.2) is 0 Å². The Balaban J connectivity index is 2.43. The van der Waals surface area contributed by atoms with Gasteiger partial charge in [0, 0.05) is 5.56 Å². The van der Waals surface area contributed by atoms with Crippen molar-refractivity contribution >= 4 is 5.97 Å². The highest BCUT2D eigenvalue weighted by Crippen LogP contribution is 2.26. The second kappa shape index (κ2) is 5.26. The highest BCUT2D eigenvalue weighted by atomic mass is 16.5. The molecule has 0 saturated heterocycles. The number of carbonyl (C=O) groups is 1. The molecule has 0 unspecified atom stereocenters. The van der Waals surface area contributed by atoms with Gasteiger partial charge in [0.1, 0.15) is 0 Å². The van der Waals surface area contributed by atoms with E-state index in [1.807, 2.05) is 6.92 Å². The topological polar surface area (TPSA) is 55.0 Å². The molecule has 0 aliphatic rings. The van der Waals surface area contributed by atoms with Crippen molar-refractivity contribution in [2.45, 2.75) is 26.7 Å². The molecular weight excluding hydrogens is 240 g/mol. The Morgan fingerprint density at radius 1 is 1.37 bits per heavy atom. The Morgan fingerprint density at radius 3 is 2.74 bits per heavy atom. The summed E-state index contributed by atoms with van der Waals surface area (Å²) in [7, 11) is 1.34. The van der Waals surface area contributed by atoms with Crippen LogP contribution in [0, 0.1) is 6.92 Å². The first kappa shape index (κ1) is 13.3. The lowest BCUT2D eigenvalue weighted by Crippen LogP contribution is -2.03. The molecular formula is C15H18N2O2. The average molecular weight is 258 g/mol. The maximum Gasteiger partial charge on any atom is 0.374 e. The van der Waals surface area contributed by atoms with Crippen LogP contribution >= 0.6 is 0 Å². The van der Waals surface area contributed by atoms with Gasteiger partial charge in [0.25, 0.3) is 0 Å². The molecule has 1 aromatic heterocycles. The summed E-state index contributed by atoms with van der Waals surface area (Å²) in [6, 6.07) is 6.35. The molecule has 0 saturated carbocycles. The summed E-state index contributed by atoms with van der Waals surface area (Å²) in [6.07, 6.45) is 1.67. The number of nitrogens with zero attached hydrogens (tertiary/aromatic N) is 1. The van der Waals surface area contributed by atoms with Crippen molar-refractivity contribution in [3.63, 3.8) is 0 Å². The SMILES string of the molecule is COC(=O)c1ncc(-c2cc(C(C)C)ccc2C)[nH]1. The third kappa shape index (κ3) is 2.67. The van der Waals surface area contributed by atoms with Crippen LogP contribution in [0.1, 0.15) is 41.5 Å². The zero-order valence-electron chi connectivity index (χ0n) is 11.7.